The number of halogens is 3. The van der Waals surface area contributed by atoms with Gasteiger partial charge in [0.1, 0.15) is 0 Å². The molecule has 0 aliphatic heterocycles. The van der Waals surface area contributed by atoms with Gasteiger partial charge in [-0.05, 0) is 37.1 Å². The Bertz CT molecular complexity index is 557. The number of alkyl halides is 3. The molecule has 0 aliphatic rings. The van der Waals surface area contributed by atoms with Crippen molar-refractivity contribution in [2.24, 2.45) is 0 Å². The summed E-state index contributed by atoms with van der Waals surface area (Å²) in [7, 11) is 0. The van der Waals surface area contributed by atoms with Crippen molar-refractivity contribution in [3.63, 3.8) is 0 Å². The zero-order valence-corrected chi connectivity index (χ0v) is 20.4. The summed E-state index contributed by atoms with van der Waals surface area (Å²) in [4.78, 5) is 10.8. The fourth-order valence-electron chi connectivity index (χ4n) is 3.36. The Labute approximate surface area is 203 Å². The maximum absolute atomic E-state index is 12.0. The van der Waals surface area contributed by atoms with Crippen molar-refractivity contribution in [2.45, 2.75) is 96.1 Å². The van der Waals surface area contributed by atoms with E-state index >= 15 is 0 Å². The van der Waals surface area contributed by atoms with Gasteiger partial charge in [-0.25, -0.2) is 4.79 Å². The van der Waals surface area contributed by atoms with E-state index < -0.39 is 18.6 Å². The first kappa shape index (κ1) is 29.3. The van der Waals surface area contributed by atoms with Gasteiger partial charge in [0.25, 0.3) is 0 Å². The van der Waals surface area contributed by atoms with Gasteiger partial charge in [0.2, 0.25) is 0 Å². The van der Waals surface area contributed by atoms with Crippen LogP contribution >= 0.6 is 0 Å². The van der Waals surface area contributed by atoms with Crippen LogP contribution in [0.25, 0.3) is 0 Å². The topological polar surface area (TPSA) is 49.3 Å². The van der Waals surface area contributed by atoms with E-state index in [0.717, 1.165) is 37.9 Å². The van der Waals surface area contributed by atoms with Crippen LogP contribution in [0.4, 0.5) is 18.9 Å². The van der Waals surface area contributed by atoms with Crippen LogP contribution in [0.3, 0.4) is 0 Å². The third-order valence-corrected chi connectivity index (χ3v) is 5.10. The molecule has 2 N–H and O–H groups in total. The molecular formula is C23H37F3NNaO2. The normalized spacial score (nSPS) is 11.2. The van der Waals surface area contributed by atoms with Crippen LogP contribution in [0.1, 0.15) is 102 Å². The molecule has 0 radical (unpaired) electrons. The summed E-state index contributed by atoms with van der Waals surface area (Å²) in [5.74, 6) is -0.906. The number of aromatic carboxylic acids is 1. The Morgan fingerprint density at radius 3 is 1.57 bits per heavy atom. The molecule has 3 nitrogen and oxygen atoms in total. The zero-order valence-electron chi connectivity index (χ0n) is 19.4. The van der Waals surface area contributed by atoms with Crippen LogP contribution in [0.5, 0.6) is 0 Å². The van der Waals surface area contributed by atoms with Gasteiger partial charge >= 0.3 is 41.7 Å². The molecule has 0 unspecified atom stereocenters. The van der Waals surface area contributed by atoms with E-state index in [9.17, 15) is 18.0 Å². The van der Waals surface area contributed by atoms with Gasteiger partial charge in [-0.1, -0.05) is 70.6 Å². The number of nitrogens with one attached hydrogen (secondary N) is 1. The third-order valence-electron chi connectivity index (χ3n) is 5.10. The molecule has 1 rings (SSSR count). The Kier molecular flexibility index (Phi) is 17.5. The van der Waals surface area contributed by atoms with Crippen LogP contribution in [-0.4, -0.2) is 23.8 Å². The number of carbonyl (C=O) groups is 1. The van der Waals surface area contributed by atoms with Gasteiger partial charge in [-0.2, -0.15) is 13.2 Å². The number of hydrogen-bond acceptors (Lipinski definition) is 2. The maximum Gasteiger partial charge on any atom is 1.00 e. The van der Waals surface area contributed by atoms with Crippen molar-refractivity contribution < 1.29 is 54.1 Å². The molecule has 0 spiro atoms. The molecule has 0 amide bonds. The molecule has 0 aromatic heterocycles. The fourth-order valence-corrected chi connectivity index (χ4v) is 3.36. The van der Waals surface area contributed by atoms with Gasteiger partial charge in [0, 0.05) is 18.7 Å². The second kappa shape index (κ2) is 17.9. The second-order valence-corrected chi connectivity index (χ2v) is 7.77. The number of benzene rings is 1. The summed E-state index contributed by atoms with van der Waals surface area (Å²) in [6.45, 7) is 0.898. The minimum Gasteiger partial charge on any atom is -1.00 e. The predicted octanol–water partition coefficient (Wildman–Crippen LogP) is 4.94. The Morgan fingerprint density at radius 1 is 0.767 bits per heavy atom. The monoisotopic (exact) mass is 439 g/mol. The molecule has 0 atom stereocenters. The summed E-state index contributed by atoms with van der Waals surface area (Å²) >= 11 is 0. The van der Waals surface area contributed by atoms with Gasteiger partial charge in [-0.3, -0.25) is 0 Å². The van der Waals surface area contributed by atoms with Crippen molar-refractivity contribution in [3.8, 4) is 0 Å². The van der Waals surface area contributed by atoms with Crippen molar-refractivity contribution in [3.05, 3.63) is 29.8 Å². The van der Waals surface area contributed by atoms with Crippen LogP contribution in [0, 0.1) is 0 Å². The molecule has 0 heterocycles. The quantitative estimate of drug-likeness (QED) is 0.267. The smallest absolute Gasteiger partial charge is 1.00 e. The largest absolute Gasteiger partial charge is 1.00 e. The number of carboxylic acids is 1. The van der Waals surface area contributed by atoms with Crippen LogP contribution in [0.15, 0.2) is 24.3 Å². The average Bonchev–Trinajstić information content (AvgIpc) is 2.67. The Morgan fingerprint density at radius 2 is 1.17 bits per heavy atom. The first-order valence-corrected chi connectivity index (χ1v) is 11.0. The summed E-state index contributed by atoms with van der Waals surface area (Å²) in [5.41, 5.74) is 1.26. The second-order valence-electron chi connectivity index (χ2n) is 7.77. The molecule has 0 fully saturated rings. The van der Waals surface area contributed by atoms with Crippen LogP contribution in [0.2, 0.25) is 0 Å². The summed E-state index contributed by atoms with van der Waals surface area (Å²) in [6.07, 6.45) is 9.20. The van der Waals surface area contributed by atoms with E-state index in [1.54, 1.807) is 24.3 Å². The molecule has 1 aromatic carbocycles. The van der Waals surface area contributed by atoms with Gasteiger partial charge in [-0.15, -0.1) is 0 Å². The number of rotatable bonds is 17. The van der Waals surface area contributed by atoms with E-state index in [1.807, 2.05) is 0 Å². The molecule has 0 saturated heterocycles. The van der Waals surface area contributed by atoms with E-state index in [-0.39, 0.29) is 37.4 Å². The van der Waals surface area contributed by atoms with E-state index in [2.05, 4.69) is 5.32 Å². The van der Waals surface area contributed by atoms with Crippen LogP contribution < -0.4 is 34.9 Å². The first-order valence-electron chi connectivity index (χ1n) is 11.0. The predicted molar refractivity (Wildman–Crippen MR) is 114 cm³/mol. The van der Waals surface area contributed by atoms with Crippen molar-refractivity contribution in [1.82, 2.24) is 0 Å². The maximum atomic E-state index is 12.0. The van der Waals surface area contributed by atoms with E-state index in [0.29, 0.717) is 12.0 Å². The SMILES string of the molecule is O=C(O)c1ccc(NCCCCCCCCCCCCCCCC(F)(F)F)cc1.[H-].[Na+]. The summed E-state index contributed by atoms with van der Waals surface area (Å²) < 4.78 is 36.0. The summed E-state index contributed by atoms with van der Waals surface area (Å²) in [6, 6.07) is 6.81. The minimum absolute atomic E-state index is 0. The molecule has 7 heteroatoms. The number of anilines is 1. The Hall–Kier alpha value is -0.720. The molecule has 168 valence electrons. The number of carboxylic acid groups (broad SMARTS) is 1. The number of unbranched alkanes of at least 4 members (excludes halogenated alkanes) is 12. The van der Waals surface area contributed by atoms with E-state index in [4.69, 9.17) is 5.11 Å². The average molecular weight is 440 g/mol. The standard InChI is InChI=1S/C23H36F3NO2.Na.H/c24-23(25,26)18-12-10-8-6-4-2-1-3-5-7-9-11-13-19-27-21-16-14-20(15-17-21)22(28)29;;/h14-17,27H,1-13,18-19H2,(H,28,29);;/q;+1;-1. The van der Waals surface area contributed by atoms with Gasteiger partial charge in [0.05, 0.1) is 5.56 Å². The van der Waals surface area contributed by atoms with Crippen molar-refractivity contribution >= 4 is 11.7 Å². The molecule has 0 saturated carbocycles. The molecule has 0 aliphatic carbocycles. The first-order chi connectivity index (χ1) is 13.9. The Balaban J connectivity index is 0. The van der Waals surface area contributed by atoms with Crippen LogP contribution in [-0.2, 0) is 0 Å². The van der Waals surface area contributed by atoms with Crippen molar-refractivity contribution in [1.29, 1.82) is 0 Å². The van der Waals surface area contributed by atoms with Crippen molar-refractivity contribution in [2.75, 3.05) is 11.9 Å². The van der Waals surface area contributed by atoms with E-state index in [1.165, 1.54) is 44.9 Å². The molecular weight excluding hydrogens is 402 g/mol. The number of hydrogen-bond donors (Lipinski definition) is 2. The fraction of sp³-hybridized carbons (Fsp3) is 0.696. The van der Waals surface area contributed by atoms with Gasteiger partial charge in [0.15, 0.2) is 0 Å². The molecule has 30 heavy (non-hydrogen) atoms. The minimum atomic E-state index is -3.99. The third kappa shape index (κ3) is 17.0. The summed E-state index contributed by atoms with van der Waals surface area (Å²) in [5, 5.41) is 12.2. The molecule has 1 aromatic rings. The molecule has 0 bridgehead atoms. The van der Waals surface area contributed by atoms with Gasteiger partial charge < -0.3 is 11.8 Å². The zero-order chi connectivity index (χ0) is 21.4.